The molecule has 2 rings (SSSR count). The molecule has 1 aliphatic rings. The summed E-state index contributed by atoms with van der Waals surface area (Å²) >= 11 is 0. The van der Waals surface area contributed by atoms with Gasteiger partial charge in [0.2, 0.25) is 0 Å². The number of likely N-dealkylation sites (tertiary alicyclic amines) is 1. The molecular formula is C14H22N4O3. The maximum atomic E-state index is 11.6. The number of ether oxygens (including phenoxy) is 1. The highest BCUT2D eigenvalue weighted by Gasteiger charge is 2.26. The van der Waals surface area contributed by atoms with Crippen LogP contribution in [0.3, 0.4) is 0 Å². The van der Waals surface area contributed by atoms with Crippen LogP contribution in [-0.2, 0) is 11.2 Å². The zero-order valence-electron chi connectivity index (χ0n) is 12.5. The average molecular weight is 294 g/mol. The number of nitrogens with one attached hydrogen (secondary N) is 2. The number of hydrogen-bond donors (Lipinski definition) is 2. The van der Waals surface area contributed by atoms with E-state index in [9.17, 15) is 9.59 Å². The van der Waals surface area contributed by atoms with Gasteiger partial charge in [0.1, 0.15) is 5.82 Å². The zero-order valence-corrected chi connectivity index (χ0v) is 12.5. The monoisotopic (exact) mass is 294 g/mol. The van der Waals surface area contributed by atoms with Gasteiger partial charge in [-0.25, -0.2) is 9.78 Å². The number of nitrogens with zero attached hydrogens (tertiary/aromatic N) is 2. The van der Waals surface area contributed by atoms with Gasteiger partial charge in [-0.1, -0.05) is 0 Å². The molecule has 1 aromatic rings. The number of aromatic nitrogens is 2. The van der Waals surface area contributed by atoms with E-state index >= 15 is 0 Å². The summed E-state index contributed by atoms with van der Waals surface area (Å²) in [6.07, 6.45) is 1.33. The Bertz CT molecular complexity index is 543. The van der Waals surface area contributed by atoms with Crippen LogP contribution in [-0.4, -0.2) is 53.2 Å². The number of H-pyrrole nitrogens is 1. The molecule has 0 unspecified atom stereocenters. The van der Waals surface area contributed by atoms with Crippen LogP contribution in [0.15, 0.2) is 10.9 Å². The van der Waals surface area contributed by atoms with E-state index in [-0.39, 0.29) is 17.7 Å². The fourth-order valence-corrected chi connectivity index (χ4v) is 2.46. The molecule has 7 nitrogen and oxygen atoms in total. The lowest BCUT2D eigenvalue weighted by atomic mass is 10.2. The summed E-state index contributed by atoms with van der Waals surface area (Å²) in [5, 5.41) is 3.38. The summed E-state index contributed by atoms with van der Waals surface area (Å²) in [4.78, 5) is 31.7. The number of rotatable bonds is 5. The molecule has 21 heavy (non-hydrogen) atoms. The Morgan fingerprint density at radius 2 is 2.43 bits per heavy atom. The van der Waals surface area contributed by atoms with Crippen molar-refractivity contribution in [3.63, 3.8) is 0 Å². The Labute approximate surface area is 123 Å². The van der Waals surface area contributed by atoms with Crippen LogP contribution in [0.1, 0.15) is 24.9 Å². The molecule has 0 aromatic carbocycles. The SMILES string of the molecule is CCOC(=O)N1CC[C@H](NCCc2nc(C)cc(=O)[nH]2)C1. The minimum absolute atomic E-state index is 0.119. The number of aromatic amines is 1. The van der Waals surface area contributed by atoms with Gasteiger partial charge in [0, 0.05) is 43.9 Å². The molecule has 7 heteroatoms. The highest BCUT2D eigenvalue weighted by Crippen LogP contribution is 2.10. The molecule has 116 valence electrons. The second kappa shape index (κ2) is 7.21. The second-order valence-corrected chi connectivity index (χ2v) is 5.17. The van der Waals surface area contributed by atoms with Crippen molar-refractivity contribution in [2.75, 3.05) is 26.2 Å². The van der Waals surface area contributed by atoms with Crippen LogP contribution in [0.5, 0.6) is 0 Å². The lowest BCUT2D eigenvalue weighted by molar-refractivity contribution is 0.115. The Morgan fingerprint density at radius 1 is 1.62 bits per heavy atom. The van der Waals surface area contributed by atoms with E-state index in [1.807, 2.05) is 0 Å². The first-order valence-electron chi connectivity index (χ1n) is 7.30. The number of hydrogen-bond acceptors (Lipinski definition) is 5. The molecule has 0 radical (unpaired) electrons. The molecule has 2 N–H and O–H groups in total. The molecule has 1 fully saturated rings. The Balaban J connectivity index is 1.74. The maximum absolute atomic E-state index is 11.6. The minimum atomic E-state index is -0.244. The highest BCUT2D eigenvalue weighted by atomic mass is 16.6. The molecule has 1 aromatic heterocycles. The molecule has 1 amide bonds. The molecular weight excluding hydrogens is 272 g/mol. The predicted octanol–water partition coefficient (Wildman–Crippen LogP) is 0.441. The van der Waals surface area contributed by atoms with Crippen molar-refractivity contribution in [3.05, 3.63) is 27.9 Å². The summed E-state index contributed by atoms with van der Waals surface area (Å²) in [6, 6.07) is 1.75. The van der Waals surface area contributed by atoms with Gasteiger partial charge in [0.05, 0.1) is 6.61 Å². The maximum Gasteiger partial charge on any atom is 0.409 e. The summed E-state index contributed by atoms with van der Waals surface area (Å²) in [6.45, 7) is 6.11. The molecule has 1 aliphatic heterocycles. The van der Waals surface area contributed by atoms with Gasteiger partial charge < -0.3 is 19.9 Å². The van der Waals surface area contributed by atoms with Gasteiger partial charge in [-0.2, -0.15) is 0 Å². The van der Waals surface area contributed by atoms with Crippen molar-refractivity contribution >= 4 is 6.09 Å². The standard InChI is InChI=1S/C14H22N4O3/c1-3-21-14(20)18-7-5-11(9-18)15-6-4-12-16-10(2)8-13(19)17-12/h8,11,15H,3-7,9H2,1-2H3,(H,16,17,19)/t11-/m0/s1. The van der Waals surface area contributed by atoms with Gasteiger partial charge in [0.25, 0.3) is 5.56 Å². The van der Waals surface area contributed by atoms with Crippen LogP contribution in [0, 0.1) is 6.92 Å². The van der Waals surface area contributed by atoms with Crippen molar-refractivity contribution in [1.29, 1.82) is 0 Å². The van der Waals surface area contributed by atoms with E-state index in [1.54, 1.807) is 18.7 Å². The Hall–Kier alpha value is -1.89. The van der Waals surface area contributed by atoms with Gasteiger partial charge in [-0.3, -0.25) is 4.79 Å². The lowest BCUT2D eigenvalue weighted by Gasteiger charge is -2.16. The summed E-state index contributed by atoms with van der Waals surface area (Å²) in [5.74, 6) is 0.688. The Morgan fingerprint density at radius 3 is 3.14 bits per heavy atom. The van der Waals surface area contributed by atoms with E-state index < -0.39 is 0 Å². The number of amides is 1. The third kappa shape index (κ3) is 4.56. The third-order valence-corrected chi connectivity index (χ3v) is 3.43. The first-order chi connectivity index (χ1) is 10.1. The van der Waals surface area contributed by atoms with E-state index in [0.29, 0.717) is 31.9 Å². The van der Waals surface area contributed by atoms with Gasteiger partial charge in [-0.15, -0.1) is 0 Å². The predicted molar refractivity (Wildman–Crippen MR) is 78.3 cm³/mol. The number of carbonyl (C=O) groups excluding carboxylic acids is 1. The molecule has 0 aliphatic carbocycles. The first-order valence-corrected chi connectivity index (χ1v) is 7.30. The molecule has 0 bridgehead atoms. The molecule has 1 atom stereocenters. The van der Waals surface area contributed by atoms with Crippen molar-refractivity contribution in [1.82, 2.24) is 20.2 Å². The third-order valence-electron chi connectivity index (χ3n) is 3.43. The summed E-state index contributed by atoms with van der Waals surface area (Å²) < 4.78 is 4.98. The van der Waals surface area contributed by atoms with Crippen molar-refractivity contribution in [2.45, 2.75) is 32.7 Å². The van der Waals surface area contributed by atoms with Crippen LogP contribution in [0.2, 0.25) is 0 Å². The lowest BCUT2D eigenvalue weighted by Crippen LogP contribution is -2.36. The van der Waals surface area contributed by atoms with Crippen LogP contribution >= 0.6 is 0 Å². The number of carbonyl (C=O) groups is 1. The topological polar surface area (TPSA) is 87.3 Å². The van der Waals surface area contributed by atoms with Gasteiger partial charge in [-0.05, 0) is 20.3 Å². The fraction of sp³-hybridized carbons (Fsp3) is 0.643. The Kier molecular flexibility index (Phi) is 5.32. The zero-order chi connectivity index (χ0) is 15.2. The average Bonchev–Trinajstić information content (AvgIpc) is 2.87. The second-order valence-electron chi connectivity index (χ2n) is 5.17. The van der Waals surface area contributed by atoms with E-state index in [4.69, 9.17) is 4.74 Å². The fourth-order valence-electron chi connectivity index (χ4n) is 2.46. The van der Waals surface area contributed by atoms with Crippen LogP contribution in [0.25, 0.3) is 0 Å². The summed E-state index contributed by atoms with van der Waals surface area (Å²) in [5.41, 5.74) is 0.606. The smallest absolute Gasteiger partial charge is 0.409 e. The van der Waals surface area contributed by atoms with Crippen LogP contribution < -0.4 is 10.9 Å². The quantitative estimate of drug-likeness (QED) is 0.823. The number of aryl methyl sites for hydroxylation is 1. The highest BCUT2D eigenvalue weighted by molar-refractivity contribution is 5.68. The largest absolute Gasteiger partial charge is 0.450 e. The molecule has 0 spiro atoms. The summed E-state index contributed by atoms with van der Waals surface area (Å²) in [7, 11) is 0. The van der Waals surface area contributed by atoms with E-state index in [2.05, 4.69) is 15.3 Å². The van der Waals surface area contributed by atoms with Gasteiger partial charge in [0.15, 0.2) is 0 Å². The van der Waals surface area contributed by atoms with Crippen molar-refractivity contribution in [3.8, 4) is 0 Å². The van der Waals surface area contributed by atoms with Gasteiger partial charge >= 0.3 is 6.09 Å². The van der Waals surface area contributed by atoms with E-state index in [1.165, 1.54) is 6.07 Å². The van der Waals surface area contributed by atoms with Crippen molar-refractivity contribution in [2.24, 2.45) is 0 Å². The molecule has 1 saturated heterocycles. The molecule has 0 saturated carbocycles. The molecule has 2 heterocycles. The first kappa shape index (κ1) is 15.5. The minimum Gasteiger partial charge on any atom is -0.450 e. The van der Waals surface area contributed by atoms with Crippen LogP contribution in [0.4, 0.5) is 4.79 Å². The normalized spacial score (nSPS) is 18.0. The van der Waals surface area contributed by atoms with E-state index in [0.717, 1.165) is 18.7 Å². The van der Waals surface area contributed by atoms with Crippen molar-refractivity contribution < 1.29 is 9.53 Å².